The molecule has 0 aliphatic heterocycles. The van der Waals surface area contributed by atoms with Crippen molar-refractivity contribution in [3.8, 4) is 0 Å². The van der Waals surface area contributed by atoms with Crippen molar-refractivity contribution in [3.63, 3.8) is 0 Å². The maximum absolute atomic E-state index is 10.7. The van der Waals surface area contributed by atoms with Crippen molar-refractivity contribution in [2.24, 2.45) is 0 Å². The van der Waals surface area contributed by atoms with Crippen LogP contribution in [0, 0.1) is 0 Å². The average Bonchev–Trinajstić information content (AvgIpc) is 2.29. The number of hydrogen-bond acceptors (Lipinski definition) is 8. The summed E-state index contributed by atoms with van der Waals surface area (Å²) in [5.41, 5.74) is 0. The predicted octanol–water partition coefficient (Wildman–Crippen LogP) is 1.04. The van der Waals surface area contributed by atoms with E-state index in [2.05, 4.69) is 18.9 Å². The topological polar surface area (TPSA) is 112 Å². The maximum Gasteiger partial charge on any atom is 0.511 e. The number of carbonyl (C=O) groups excluding carboxylic acids is 2. The van der Waals surface area contributed by atoms with Gasteiger partial charge < -0.3 is 29.2 Å². The van der Waals surface area contributed by atoms with Gasteiger partial charge in [-0.3, -0.25) is 0 Å². The fourth-order valence-electron chi connectivity index (χ4n) is 0.599. The number of carbonyl (C=O) groups is 2. The summed E-state index contributed by atoms with van der Waals surface area (Å²) < 4.78 is 18.0. The molecule has 1 atom stereocenters. The Labute approximate surface area is 112 Å². The zero-order valence-corrected chi connectivity index (χ0v) is 11.6. The van der Waals surface area contributed by atoms with E-state index in [4.69, 9.17) is 10.2 Å². The first kappa shape index (κ1) is 19.8. The Kier molecular flexibility index (Phi) is 13.4. The van der Waals surface area contributed by atoms with Crippen LogP contribution in [-0.2, 0) is 18.9 Å². The SMILES string of the molecule is CC(O)CO.CCOC(=O)OC(C)OC(=O)OCC. The van der Waals surface area contributed by atoms with Crippen LogP contribution in [0.3, 0.4) is 0 Å². The van der Waals surface area contributed by atoms with Crippen LogP contribution in [0.25, 0.3) is 0 Å². The third kappa shape index (κ3) is 16.5. The summed E-state index contributed by atoms with van der Waals surface area (Å²) >= 11 is 0. The van der Waals surface area contributed by atoms with E-state index in [-0.39, 0.29) is 19.8 Å². The second-order valence-corrected chi connectivity index (χ2v) is 3.20. The van der Waals surface area contributed by atoms with Gasteiger partial charge in [-0.2, -0.15) is 0 Å². The van der Waals surface area contributed by atoms with Gasteiger partial charge in [0.25, 0.3) is 6.29 Å². The van der Waals surface area contributed by atoms with E-state index >= 15 is 0 Å². The minimum absolute atomic E-state index is 0.139. The van der Waals surface area contributed by atoms with Gasteiger partial charge in [-0.1, -0.05) is 0 Å². The fourth-order valence-corrected chi connectivity index (χ4v) is 0.599. The quantitative estimate of drug-likeness (QED) is 0.568. The van der Waals surface area contributed by atoms with E-state index in [1.165, 1.54) is 13.8 Å². The lowest BCUT2D eigenvalue weighted by Gasteiger charge is -2.12. The summed E-state index contributed by atoms with van der Waals surface area (Å²) in [5, 5.41) is 16.0. The molecule has 0 heterocycles. The predicted molar refractivity (Wildman–Crippen MR) is 64.4 cm³/mol. The summed E-state index contributed by atoms with van der Waals surface area (Å²) in [6, 6.07) is 0. The minimum Gasteiger partial charge on any atom is -0.435 e. The number of aliphatic hydroxyl groups excluding tert-OH is 2. The second-order valence-electron chi connectivity index (χ2n) is 3.20. The van der Waals surface area contributed by atoms with Gasteiger partial charge in [-0.05, 0) is 20.8 Å². The highest BCUT2D eigenvalue weighted by atomic mass is 16.8. The van der Waals surface area contributed by atoms with Crippen LogP contribution in [0.2, 0.25) is 0 Å². The van der Waals surface area contributed by atoms with Gasteiger partial charge in [-0.25, -0.2) is 9.59 Å². The molecule has 0 saturated heterocycles. The first-order chi connectivity index (χ1) is 8.87. The molecule has 0 aromatic heterocycles. The Morgan fingerprint density at radius 3 is 1.53 bits per heavy atom. The van der Waals surface area contributed by atoms with Crippen molar-refractivity contribution >= 4 is 12.3 Å². The fraction of sp³-hybridized carbons (Fsp3) is 0.818. The van der Waals surface area contributed by atoms with Crippen molar-refractivity contribution in [2.75, 3.05) is 19.8 Å². The van der Waals surface area contributed by atoms with Gasteiger partial charge in [0.1, 0.15) is 0 Å². The molecule has 8 heteroatoms. The molecule has 1 unspecified atom stereocenters. The Bertz CT molecular complexity index is 221. The van der Waals surface area contributed by atoms with Crippen LogP contribution >= 0.6 is 0 Å². The summed E-state index contributed by atoms with van der Waals surface area (Å²) in [4.78, 5) is 21.4. The van der Waals surface area contributed by atoms with Crippen LogP contribution in [0.1, 0.15) is 27.7 Å². The second kappa shape index (κ2) is 12.9. The Morgan fingerprint density at radius 2 is 1.32 bits per heavy atom. The van der Waals surface area contributed by atoms with Crippen molar-refractivity contribution in [1.82, 2.24) is 0 Å². The van der Waals surface area contributed by atoms with Gasteiger partial charge in [0.2, 0.25) is 0 Å². The van der Waals surface area contributed by atoms with Crippen LogP contribution in [0.5, 0.6) is 0 Å². The zero-order chi connectivity index (χ0) is 15.3. The number of ether oxygens (including phenoxy) is 4. The highest BCUT2D eigenvalue weighted by Gasteiger charge is 2.14. The summed E-state index contributed by atoms with van der Waals surface area (Å²) in [5.74, 6) is 0. The molecule has 0 aliphatic carbocycles. The summed E-state index contributed by atoms with van der Waals surface area (Å²) in [7, 11) is 0. The third-order valence-corrected chi connectivity index (χ3v) is 1.31. The highest BCUT2D eigenvalue weighted by molar-refractivity contribution is 5.62. The van der Waals surface area contributed by atoms with Crippen LogP contribution in [0.4, 0.5) is 9.59 Å². The number of aliphatic hydroxyl groups is 2. The monoisotopic (exact) mass is 282 g/mol. The molecule has 0 aromatic carbocycles. The molecule has 114 valence electrons. The maximum atomic E-state index is 10.7. The van der Waals surface area contributed by atoms with Gasteiger partial charge in [0.15, 0.2) is 0 Å². The largest absolute Gasteiger partial charge is 0.511 e. The van der Waals surface area contributed by atoms with E-state index in [0.29, 0.717) is 0 Å². The van der Waals surface area contributed by atoms with Crippen molar-refractivity contribution in [1.29, 1.82) is 0 Å². The molecule has 0 amide bonds. The summed E-state index contributed by atoms with van der Waals surface area (Å²) in [6.07, 6.45) is -3.35. The molecular formula is C11H22O8. The first-order valence-electron chi connectivity index (χ1n) is 5.83. The van der Waals surface area contributed by atoms with E-state index in [1.807, 2.05) is 0 Å². The number of rotatable bonds is 5. The first-order valence-corrected chi connectivity index (χ1v) is 5.83. The minimum atomic E-state index is -1.02. The van der Waals surface area contributed by atoms with E-state index in [1.54, 1.807) is 13.8 Å². The molecule has 0 spiro atoms. The lowest BCUT2D eigenvalue weighted by Crippen LogP contribution is -2.22. The van der Waals surface area contributed by atoms with Gasteiger partial charge in [-0.15, -0.1) is 0 Å². The van der Waals surface area contributed by atoms with Gasteiger partial charge >= 0.3 is 12.3 Å². The molecule has 0 rings (SSSR count). The number of hydrogen-bond donors (Lipinski definition) is 2. The van der Waals surface area contributed by atoms with Crippen LogP contribution in [-0.4, -0.2) is 54.7 Å². The van der Waals surface area contributed by atoms with Gasteiger partial charge in [0.05, 0.1) is 25.9 Å². The highest BCUT2D eigenvalue weighted by Crippen LogP contribution is 1.98. The molecule has 0 aromatic rings. The molecule has 0 saturated carbocycles. The zero-order valence-electron chi connectivity index (χ0n) is 11.6. The Balaban J connectivity index is 0. The molecule has 0 aliphatic rings. The molecular weight excluding hydrogens is 260 g/mol. The molecule has 2 N–H and O–H groups in total. The van der Waals surface area contributed by atoms with Crippen molar-refractivity contribution < 1.29 is 38.7 Å². The molecule has 8 nitrogen and oxygen atoms in total. The summed E-state index contributed by atoms with van der Waals surface area (Å²) in [6.45, 7) is 6.44. The van der Waals surface area contributed by atoms with Crippen LogP contribution < -0.4 is 0 Å². The average molecular weight is 282 g/mol. The van der Waals surface area contributed by atoms with Crippen molar-refractivity contribution in [3.05, 3.63) is 0 Å². The Hall–Kier alpha value is -1.54. The Morgan fingerprint density at radius 1 is 1.00 bits per heavy atom. The van der Waals surface area contributed by atoms with E-state index in [0.717, 1.165) is 0 Å². The molecule has 0 fully saturated rings. The molecule has 0 bridgehead atoms. The molecule has 0 radical (unpaired) electrons. The standard InChI is InChI=1S/C8H14O6.C3H8O2/c1-4-11-7(9)13-6(3)14-8(10)12-5-2;1-3(5)2-4/h6H,4-5H2,1-3H3;3-5H,2H2,1H3. The lowest BCUT2D eigenvalue weighted by molar-refractivity contribution is -0.0924. The molecule has 19 heavy (non-hydrogen) atoms. The smallest absolute Gasteiger partial charge is 0.435 e. The van der Waals surface area contributed by atoms with Crippen LogP contribution in [0.15, 0.2) is 0 Å². The van der Waals surface area contributed by atoms with E-state index < -0.39 is 24.7 Å². The van der Waals surface area contributed by atoms with Gasteiger partial charge in [0, 0.05) is 6.92 Å². The van der Waals surface area contributed by atoms with Crippen molar-refractivity contribution in [2.45, 2.75) is 40.1 Å². The third-order valence-electron chi connectivity index (χ3n) is 1.31. The normalized spacial score (nSPS) is 10.9. The van der Waals surface area contributed by atoms with E-state index in [9.17, 15) is 9.59 Å². The lowest BCUT2D eigenvalue weighted by atomic mass is 10.5.